The summed E-state index contributed by atoms with van der Waals surface area (Å²) < 4.78 is 5.31. The summed E-state index contributed by atoms with van der Waals surface area (Å²) >= 11 is 6.12. The van der Waals surface area contributed by atoms with Crippen LogP contribution in [0.25, 0.3) is 12.2 Å². The molecule has 5 nitrogen and oxygen atoms in total. The van der Waals surface area contributed by atoms with Crippen LogP contribution in [0, 0.1) is 6.92 Å². The fourth-order valence-corrected chi connectivity index (χ4v) is 2.61. The molecular formula is C16H20Cl2N4O. The number of benzene rings is 1. The number of nitrogens with one attached hydrogen (secondary N) is 1. The predicted octanol–water partition coefficient (Wildman–Crippen LogP) is 3.20. The minimum atomic E-state index is 0. The maximum Gasteiger partial charge on any atom is 0.250 e. The van der Waals surface area contributed by atoms with E-state index in [-0.39, 0.29) is 18.4 Å². The average molecular weight is 355 g/mol. The molecule has 124 valence electrons. The molecule has 1 aromatic heterocycles. The maximum absolute atomic E-state index is 6.12. The quantitative estimate of drug-likeness (QED) is 0.916. The van der Waals surface area contributed by atoms with E-state index in [1.54, 1.807) is 0 Å². The van der Waals surface area contributed by atoms with E-state index in [0.29, 0.717) is 5.89 Å². The minimum Gasteiger partial charge on any atom is -0.335 e. The number of piperazine rings is 1. The van der Waals surface area contributed by atoms with Gasteiger partial charge in [-0.15, -0.1) is 12.4 Å². The first-order valence-corrected chi connectivity index (χ1v) is 7.70. The third-order valence-corrected chi connectivity index (χ3v) is 4.29. The molecule has 1 aliphatic rings. The van der Waals surface area contributed by atoms with Gasteiger partial charge in [-0.1, -0.05) is 28.9 Å². The van der Waals surface area contributed by atoms with Crippen molar-refractivity contribution in [3.05, 3.63) is 46.1 Å². The van der Waals surface area contributed by atoms with Crippen molar-refractivity contribution in [1.82, 2.24) is 20.4 Å². The fourth-order valence-electron chi connectivity index (χ4n) is 2.42. The Morgan fingerprint density at radius 2 is 2.22 bits per heavy atom. The lowest BCUT2D eigenvalue weighted by Gasteiger charge is -2.30. The molecule has 1 aliphatic heterocycles. The van der Waals surface area contributed by atoms with Gasteiger partial charge in [0.15, 0.2) is 5.82 Å². The van der Waals surface area contributed by atoms with Crippen molar-refractivity contribution in [3.63, 3.8) is 0 Å². The van der Waals surface area contributed by atoms with Crippen LogP contribution >= 0.6 is 24.0 Å². The van der Waals surface area contributed by atoms with Crippen molar-refractivity contribution in [2.24, 2.45) is 0 Å². The zero-order valence-electron chi connectivity index (χ0n) is 13.1. The summed E-state index contributed by atoms with van der Waals surface area (Å²) in [5, 5.41) is 8.19. The number of hydrogen-bond donors (Lipinski definition) is 1. The number of hydrogen-bond acceptors (Lipinski definition) is 5. The van der Waals surface area contributed by atoms with E-state index in [4.69, 9.17) is 16.1 Å². The number of halogens is 2. The fraction of sp³-hybridized carbons (Fsp3) is 0.375. The Bertz CT molecular complexity index is 686. The zero-order chi connectivity index (χ0) is 15.5. The summed E-state index contributed by atoms with van der Waals surface area (Å²) in [6, 6.07) is 6.08. The molecule has 1 aromatic carbocycles. The number of aryl methyl sites for hydroxylation is 1. The predicted molar refractivity (Wildman–Crippen MR) is 94.9 cm³/mol. The van der Waals surface area contributed by atoms with E-state index in [9.17, 15) is 0 Å². The highest BCUT2D eigenvalue weighted by Gasteiger charge is 2.24. The molecule has 1 fully saturated rings. The summed E-state index contributed by atoms with van der Waals surface area (Å²) in [7, 11) is 2.08. The Kier molecular flexibility index (Phi) is 6.18. The van der Waals surface area contributed by atoms with Crippen LogP contribution in [0.4, 0.5) is 0 Å². The van der Waals surface area contributed by atoms with Crippen LogP contribution in [0.1, 0.15) is 28.9 Å². The van der Waals surface area contributed by atoms with E-state index in [0.717, 1.165) is 41.6 Å². The first-order valence-electron chi connectivity index (χ1n) is 7.32. The van der Waals surface area contributed by atoms with Gasteiger partial charge in [-0.05, 0) is 37.2 Å². The number of rotatable bonds is 3. The zero-order valence-corrected chi connectivity index (χ0v) is 14.7. The normalized spacial score (nSPS) is 19.0. The molecule has 0 amide bonds. The third-order valence-electron chi connectivity index (χ3n) is 3.88. The summed E-state index contributed by atoms with van der Waals surface area (Å²) in [5.74, 6) is 1.22. The van der Waals surface area contributed by atoms with Crippen molar-refractivity contribution in [2.45, 2.75) is 13.0 Å². The van der Waals surface area contributed by atoms with Gasteiger partial charge in [-0.3, -0.25) is 4.90 Å². The van der Waals surface area contributed by atoms with E-state index >= 15 is 0 Å². The van der Waals surface area contributed by atoms with E-state index in [1.807, 2.05) is 37.3 Å². The summed E-state index contributed by atoms with van der Waals surface area (Å²) in [4.78, 5) is 6.69. The van der Waals surface area contributed by atoms with Gasteiger partial charge in [0.2, 0.25) is 0 Å². The molecule has 0 aliphatic carbocycles. The van der Waals surface area contributed by atoms with Gasteiger partial charge >= 0.3 is 0 Å². The number of nitrogens with zero attached hydrogens (tertiary/aromatic N) is 3. The van der Waals surface area contributed by atoms with Gasteiger partial charge < -0.3 is 9.84 Å². The van der Waals surface area contributed by atoms with Gasteiger partial charge in [-0.25, -0.2) is 0 Å². The summed E-state index contributed by atoms with van der Waals surface area (Å²) in [6.07, 6.45) is 3.74. The highest BCUT2D eigenvalue weighted by molar-refractivity contribution is 6.31. The van der Waals surface area contributed by atoms with E-state index in [1.165, 1.54) is 0 Å². The van der Waals surface area contributed by atoms with Gasteiger partial charge in [0.1, 0.15) is 0 Å². The standard InChI is InChI=1S/C16H19ClN4O.ClH/c1-11-3-4-12(9-13(11)17)5-6-15-19-16(20-22-15)14-10-18-7-8-21(14)2;/h3-6,9,14,18H,7-8,10H2,1-2H3;1H/b6-5+;. The largest absolute Gasteiger partial charge is 0.335 e. The molecule has 2 aromatic rings. The molecule has 2 heterocycles. The highest BCUT2D eigenvalue weighted by atomic mass is 35.5. The Morgan fingerprint density at radius 1 is 1.39 bits per heavy atom. The van der Waals surface area contributed by atoms with Gasteiger partial charge in [0.25, 0.3) is 5.89 Å². The number of likely N-dealkylation sites (N-methyl/N-ethyl adjacent to an activating group) is 1. The molecule has 1 atom stereocenters. The molecule has 0 saturated carbocycles. The summed E-state index contributed by atoms with van der Waals surface area (Å²) in [5.41, 5.74) is 2.07. The lowest BCUT2D eigenvalue weighted by Crippen LogP contribution is -2.44. The van der Waals surface area contributed by atoms with Crippen LogP contribution in [-0.4, -0.2) is 41.7 Å². The third kappa shape index (κ3) is 4.32. The maximum atomic E-state index is 6.12. The van der Waals surface area contributed by atoms with Crippen molar-refractivity contribution in [2.75, 3.05) is 26.7 Å². The van der Waals surface area contributed by atoms with E-state index in [2.05, 4.69) is 27.4 Å². The van der Waals surface area contributed by atoms with Crippen molar-refractivity contribution in [3.8, 4) is 0 Å². The molecule has 1 N–H and O–H groups in total. The van der Waals surface area contributed by atoms with Crippen LogP contribution in [0.3, 0.4) is 0 Å². The van der Waals surface area contributed by atoms with Gasteiger partial charge in [0, 0.05) is 30.7 Å². The Balaban J connectivity index is 0.00000192. The Hall–Kier alpha value is -1.40. The SMILES string of the molecule is Cc1ccc(/C=C/c2nc(C3CNCCN3C)no2)cc1Cl.Cl. The van der Waals surface area contributed by atoms with Crippen LogP contribution in [0.5, 0.6) is 0 Å². The molecule has 1 unspecified atom stereocenters. The summed E-state index contributed by atoms with van der Waals surface area (Å²) in [6.45, 7) is 4.79. The molecule has 7 heteroatoms. The average Bonchev–Trinajstić information content (AvgIpc) is 2.98. The van der Waals surface area contributed by atoms with Crippen LogP contribution in [-0.2, 0) is 0 Å². The van der Waals surface area contributed by atoms with Crippen LogP contribution < -0.4 is 5.32 Å². The number of aromatic nitrogens is 2. The van der Waals surface area contributed by atoms with Gasteiger partial charge in [-0.2, -0.15) is 4.98 Å². The highest BCUT2D eigenvalue weighted by Crippen LogP contribution is 2.20. The Labute approximate surface area is 147 Å². The first kappa shape index (κ1) is 17.9. The van der Waals surface area contributed by atoms with Gasteiger partial charge in [0.05, 0.1) is 6.04 Å². The second kappa shape index (κ2) is 7.93. The second-order valence-electron chi connectivity index (χ2n) is 5.53. The smallest absolute Gasteiger partial charge is 0.250 e. The van der Waals surface area contributed by atoms with Crippen LogP contribution in [0.2, 0.25) is 5.02 Å². The molecule has 0 spiro atoms. The molecule has 0 radical (unpaired) electrons. The second-order valence-corrected chi connectivity index (χ2v) is 5.94. The lowest BCUT2D eigenvalue weighted by molar-refractivity contribution is 0.190. The topological polar surface area (TPSA) is 54.2 Å². The molecule has 0 bridgehead atoms. The molecule has 3 rings (SSSR count). The van der Waals surface area contributed by atoms with E-state index < -0.39 is 0 Å². The molecular weight excluding hydrogens is 335 g/mol. The molecule has 23 heavy (non-hydrogen) atoms. The minimum absolute atomic E-state index is 0. The van der Waals surface area contributed by atoms with Crippen molar-refractivity contribution >= 4 is 36.2 Å². The first-order chi connectivity index (χ1) is 10.6. The lowest BCUT2D eigenvalue weighted by atomic mass is 10.1. The molecule has 1 saturated heterocycles. The van der Waals surface area contributed by atoms with Crippen molar-refractivity contribution < 1.29 is 4.52 Å². The van der Waals surface area contributed by atoms with Crippen molar-refractivity contribution in [1.29, 1.82) is 0 Å². The Morgan fingerprint density at radius 3 is 2.96 bits per heavy atom. The monoisotopic (exact) mass is 354 g/mol. The van der Waals surface area contributed by atoms with Crippen LogP contribution in [0.15, 0.2) is 22.7 Å².